The number of ether oxygens (including phenoxy) is 2. The number of nitrogens with zero attached hydrogens (tertiary/aromatic N) is 2. The van der Waals surface area contributed by atoms with Crippen molar-refractivity contribution >= 4 is 32.6 Å². The lowest BCUT2D eigenvalue weighted by Crippen LogP contribution is -3.12. The van der Waals surface area contributed by atoms with Crippen LogP contribution in [0.3, 0.4) is 0 Å². The van der Waals surface area contributed by atoms with Crippen LogP contribution in [0.4, 0.5) is 5.13 Å². The van der Waals surface area contributed by atoms with Gasteiger partial charge in [-0.3, -0.25) is 9.69 Å². The topological polar surface area (TPSA) is 56.1 Å². The Morgan fingerprint density at radius 3 is 2.62 bits per heavy atom. The summed E-state index contributed by atoms with van der Waals surface area (Å²) in [4.78, 5) is 21.5. The number of anilines is 1. The summed E-state index contributed by atoms with van der Waals surface area (Å²) in [5.41, 5.74) is 2.52. The predicted octanol–water partition coefficient (Wildman–Crippen LogP) is 2.90. The van der Waals surface area contributed by atoms with E-state index in [1.165, 1.54) is 16.2 Å². The largest absolute Gasteiger partial charge is 0.454 e. The number of rotatable bonds is 7. The van der Waals surface area contributed by atoms with Gasteiger partial charge in [0.25, 0.3) is 5.91 Å². The van der Waals surface area contributed by atoms with Crippen molar-refractivity contribution in [3.8, 4) is 11.5 Å². The fraction of sp³-hybridized carbons (Fsp3) is 0.364. The Morgan fingerprint density at radius 2 is 1.90 bits per heavy atom. The first kappa shape index (κ1) is 19.7. The van der Waals surface area contributed by atoms with Crippen LogP contribution in [0, 0.1) is 6.92 Å². The molecule has 4 rings (SSSR count). The monoisotopic (exact) mass is 412 g/mol. The van der Waals surface area contributed by atoms with Crippen molar-refractivity contribution in [2.45, 2.75) is 20.8 Å². The first-order valence-electron chi connectivity index (χ1n) is 10.0. The third kappa shape index (κ3) is 3.93. The minimum Gasteiger partial charge on any atom is -0.454 e. The van der Waals surface area contributed by atoms with E-state index in [1.54, 1.807) is 0 Å². The number of aryl methyl sites for hydroxylation is 1. The van der Waals surface area contributed by atoms with E-state index in [2.05, 4.69) is 13.8 Å². The van der Waals surface area contributed by atoms with E-state index in [1.807, 2.05) is 48.2 Å². The second kappa shape index (κ2) is 8.39. The standard InChI is InChI=1S/C22H25N3O3S/c1-4-24(5-2)10-11-25(21(26)16-9-7-6-8-15(16)3)22-23-17-12-18-19(28-14-27-18)13-20(17)29-22/h6-9,12-13H,4-5,10-11,14H2,1-3H3/p+1. The van der Waals surface area contributed by atoms with Crippen LogP contribution in [-0.2, 0) is 0 Å². The molecule has 29 heavy (non-hydrogen) atoms. The molecule has 0 saturated carbocycles. The van der Waals surface area contributed by atoms with Gasteiger partial charge in [-0.2, -0.15) is 0 Å². The van der Waals surface area contributed by atoms with E-state index in [4.69, 9.17) is 14.5 Å². The van der Waals surface area contributed by atoms with Crippen molar-refractivity contribution in [1.29, 1.82) is 0 Å². The highest BCUT2D eigenvalue weighted by atomic mass is 32.1. The summed E-state index contributed by atoms with van der Waals surface area (Å²) in [6.07, 6.45) is 0. The molecule has 0 aliphatic carbocycles. The molecule has 1 aromatic heterocycles. The number of carbonyl (C=O) groups is 1. The maximum Gasteiger partial charge on any atom is 0.260 e. The number of amides is 1. The van der Waals surface area contributed by atoms with Gasteiger partial charge < -0.3 is 14.4 Å². The van der Waals surface area contributed by atoms with Crippen LogP contribution in [-0.4, -0.2) is 43.9 Å². The number of likely N-dealkylation sites (N-methyl/N-ethyl adjacent to an activating group) is 1. The molecule has 7 heteroatoms. The molecule has 0 radical (unpaired) electrons. The molecule has 3 aromatic rings. The summed E-state index contributed by atoms with van der Waals surface area (Å²) in [7, 11) is 0. The van der Waals surface area contributed by atoms with Gasteiger partial charge in [-0.1, -0.05) is 29.5 Å². The zero-order valence-corrected chi connectivity index (χ0v) is 17.8. The minimum absolute atomic E-state index is 0.00578. The van der Waals surface area contributed by atoms with Gasteiger partial charge >= 0.3 is 0 Å². The van der Waals surface area contributed by atoms with Gasteiger partial charge in [-0.15, -0.1) is 0 Å². The van der Waals surface area contributed by atoms with E-state index in [0.29, 0.717) is 17.4 Å². The number of fused-ring (bicyclic) bond motifs is 2. The van der Waals surface area contributed by atoms with E-state index < -0.39 is 0 Å². The maximum atomic E-state index is 13.5. The predicted molar refractivity (Wildman–Crippen MR) is 116 cm³/mol. The zero-order valence-electron chi connectivity index (χ0n) is 17.0. The summed E-state index contributed by atoms with van der Waals surface area (Å²) in [6.45, 7) is 10.1. The average Bonchev–Trinajstić information content (AvgIpc) is 3.35. The number of nitrogens with one attached hydrogen (secondary N) is 1. The van der Waals surface area contributed by atoms with Crippen LogP contribution in [0.15, 0.2) is 36.4 Å². The molecule has 1 N–H and O–H groups in total. The SMILES string of the molecule is CC[NH+](CC)CCN(C(=O)c1ccccc1C)c1nc2cc3c(cc2s1)OCO3. The Morgan fingerprint density at radius 1 is 1.17 bits per heavy atom. The normalized spacial score (nSPS) is 12.7. The molecule has 1 amide bonds. The first-order valence-corrected chi connectivity index (χ1v) is 10.8. The highest BCUT2D eigenvalue weighted by molar-refractivity contribution is 7.22. The number of aromatic nitrogens is 1. The summed E-state index contributed by atoms with van der Waals surface area (Å²) in [5.74, 6) is 1.43. The average molecular weight is 413 g/mol. The van der Waals surface area contributed by atoms with Crippen molar-refractivity contribution in [2.24, 2.45) is 0 Å². The summed E-state index contributed by atoms with van der Waals surface area (Å²) in [6, 6.07) is 11.6. The minimum atomic E-state index is -0.00578. The van der Waals surface area contributed by atoms with Crippen LogP contribution >= 0.6 is 11.3 Å². The molecule has 152 valence electrons. The first-order chi connectivity index (χ1) is 14.1. The molecule has 1 aliphatic heterocycles. The fourth-order valence-electron chi connectivity index (χ4n) is 3.54. The van der Waals surface area contributed by atoms with Crippen LogP contribution in [0.5, 0.6) is 11.5 Å². The van der Waals surface area contributed by atoms with E-state index in [0.717, 1.165) is 46.7 Å². The fourth-order valence-corrected chi connectivity index (χ4v) is 4.54. The molecule has 0 spiro atoms. The molecular formula is C22H26N3O3S+. The van der Waals surface area contributed by atoms with Gasteiger partial charge in [0.15, 0.2) is 16.6 Å². The molecule has 0 bridgehead atoms. The number of carbonyl (C=O) groups excluding carboxylic acids is 1. The number of benzene rings is 2. The van der Waals surface area contributed by atoms with Crippen LogP contribution in [0.1, 0.15) is 29.8 Å². The molecule has 0 unspecified atom stereocenters. The van der Waals surface area contributed by atoms with Crippen molar-refractivity contribution in [2.75, 3.05) is 37.9 Å². The molecular weight excluding hydrogens is 386 g/mol. The van der Waals surface area contributed by atoms with E-state index in [9.17, 15) is 4.79 Å². The third-order valence-corrected chi connectivity index (χ3v) is 6.45. The van der Waals surface area contributed by atoms with Crippen molar-refractivity contribution in [3.05, 3.63) is 47.5 Å². The van der Waals surface area contributed by atoms with Gasteiger partial charge in [0.2, 0.25) is 6.79 Å². The Kier molecular flexibility index (Phi) is 5.69. The molecule has 0 fully saturated rings. The summed E-state index contributed by atoms with van der Waals surface area (Å²) >= 11 is 1.52. The number of thiazole rings is 1. The number of quaternary nitrogens is 1. The van der Waals surface area contributed by atoms with E-state index >= 15 is 0 Å². The second-order valence-corrected chi connectivity index (χ2v) is 8.16. The molecule has 0 saturated heterocycles. The smallest absolute Gasteiger partial charge is 0.260 e. The molecule has 2 heterocycles. The number of hydrogen-bond acceptors (Lipinski definition) is 5. The van der Waals surface area contributed by atoms with Gasteiger partial charge in [0.1, 0.15) is 0 Å². The molecule has 0 atom stereocenters. The van der Waals surface area contributed by atoms with E-state index in [-0.39, 0.29) is 12.7 Å². The lowest BCUT2D eigenvalue weighted by molar-refractivity contribution is -0.894. The third-order valence-electron chi connectivity index (χ3n) is 5.41. The molecule has 2 aromatic carbocycles. The zero-order chi connectivity index (χ0) is 20.4. The van der Waals surface area contributed by atoms with Gasteiger partial charge in [0.05, 0.1) is 36.4 Å². The Balaban J connectivity index is 1.70. The molecule has 6 nitrogen and oxygen atoms in total. The maximum absolute atomic E-state index is 13.5. The second-order valence-electron chi connectivity index (χ2n) is 7.15. The molecule has 1 aliphatic rings. The van der Waals surface area contributed by atoms with Crippen LogP contribution in [0.25, 0.3) is 10.2 Å². The lowest BCUT2D eigenvalue weighted by atomic mass is 10.1. The van der Waals surface area contributed by atoms with Gasteiger partial charge in [-0.05, 0) is 32.4 Å². The summed E-state index contributed by atoms with van der Waals surface area (Å²) in [5, 5.41) is 0.712. The van der Waals surface area contributed by atoms with Crippen molar-refractivity contribution in [1.82, 2.24) is 4.98 Å². The lowest BCUT2D eigenvalue weighted by Gasteiger charge is -2.23. The quantitative estimate of drug-likeness (QED) is 0.648. The number of hydrogen-bond donors (Lipinski definition) is 1. The van der Waals surface area contributed by atoms with Crippen LogP contribution in [0.2, 0.25) is 0 Å². The Labute approximate surface area is 174 Å². The van der Waals surface area contributed by atoms with Gasteiger partial charge in [0, 0.05) is 17.7 Å². The Bertz CT molecular complexity index is 988. The van der Waals surface area contributed by atoms with Crippen molar-refractivity contribution in [3.63, 3.8) is 0 Å². The Hall–Kier alpha value is -2.64. The highest BCUT2D eigenvalue weighted by Crippen LogP contribution is 2.40. The van der Waals surface area contributed by atoms with Crippen LogP contribution < -0.4 is 19.3 Å². The van der Waals surface area contributed by atoms with Crippen molar-refractivity contribution < 1.29 is 19.2 Å². The van der Waals surface area contributed by atoms with Gasteiger partial charge in [-0.25, -0.2) is 4.98 Å². The summed E-state index contributed by atoms with van der Waals surface area (Å²) < 4.78 is 12.0. The highest BCUT2D eigenvalue weighted by Gasteiger charge is 2.25.